The van der Waals surface area contributed by atoms with Crippen molar-refractivity contribution in [1.29, 1.82) is 0 Å². The second-order valence-electron chi connectivity index (χ2n) is 19.8. The number of urea groups is 3. The zero-order chi connectivity index (χ0) is 58.1. The number of halogens is 1. The molecule has 0 aliphatic carbocycles. The van der Waals surface area contributed by atoms with Gasteiger partial charge in [-0.05, 0) is 101 Å². The Balaban J connectivity index is 0.000000173. The van der Waals surface area contributed by atoms with Gasteiger partial charge in [0.05, 0.1) is 17.3 Å². The first-order valence-corrected chi connectivity index (χ1v) is 30.1. The Labute approximate surface area is 469 Å². The molecular weight excluding hydrogens is 1110 g/mol. The van der Waals surface area contributed by atoms with E-state index in [2.05, 4.69) is 72.4 Å². The van der Waals surface area contributed by atoms with Crippen LogP contribution in [0, 0.1) is 42.4 Å². The predicted molar refractivity (Wildman–Crippen MR) is 297 cm³/mol. The molecule has 3 fully saturated rings. The maximum Gasteiger partial charge on any atom is 0.322 e. The molecule has 3 atom stereocenters. The van der Waals surface area contributed by atoms with Crippen LogP contribution in [0.15, 0.2) is 108 Å². The number of carbonyl (C=O) groups is 6. The van der Waals surface area contributed by atoms with Gasteiger partial charge in [-0.15, -0.1) is 0 Å². The molecule has 7 heterocycles. The lowest BCUT2D eigenvalue weighted by Crippen LogP contribution is -2.52. The first-order chi connectivity index (χ1) is 37.6. The summed E-state index contributed by atoms with van der Waals surface area (Å²) >= 11 is 5.84. The van der Waals surface area contributed by atoms with Crippen LogP contribution in [0.5, 0.6) is 0 Å². The number of nitrogens with zero attached hydrogens (tertiary/aromatic N) is 4. The molecule has 0 radical (unpaired) electrons. The maximum absolute atomic E-state index is 12.6. The topological polar surface area (TPSA) is 300 Å². The smallest absolute Gasteiger partial charge is 0.322 e. The molecule has 3 saturated heterocycles. The number of hydrogen-bond donors (Lipinski definition) is 6. The first kappa shape index (κ1) is 60.0. The average Bonchev–Trinajstić information content (AvgIpc) is 4.05. The van der Waals surface area contributed by atoms with Crippen LogP contribution < -0.4 is 31.9 Å². The Morgan fingerprint density at radius 1 is 0.500 bits per heavy atom. The van der Waals surface area contributed by atoms with Crippen LogP contribution in [0.3, 0.4) is 0 Å². The number of nitrogens with one attached hydrogen (secondary N) is 6. The molecule has 9 rings (SSSR count). The summed E-state index contributed by atoms with van der Waals surface area (Å²) < 4.78 is 79.7. The minimum Gasteiger partial charge on any atom is -0.322 e. The van der Waals surface area contributed by atoms with E-state index in [1.54, 1.807) is 48.7 Å². The number of aromatic nitrogens is 1. The van der Waals surface area contributed by atoms with E-state index in [1.165, 1.54) is 39.3 Å². The van der Waals surface area contributed by atoms with Crippen LogP contribution in [0.1, 0.15) is 62.4 Å². The van der Waals surface area contributed by atoms with Crippen LogP contribution in [0.2, 0.25) is 5.02 Å². The Morgan fingerprint density at radius 2 is 0.850 bits per heavy atom. The van der Waals surface area contributed by atoms with E-state index in [0.29, 0.717) is 36.5 Å². The van der Waals surface area contributed by atoms with Gasteiger partial charge in [0, 0.05) is 78.3 Å². The van der Waals surface area contributed by atoms with Gasteiger partial charge in [-0.1, -0.05) is 83.2 Å². The van der Waals surface area contributed by atoms with Crippen molar-refractivity contribution in [2.75, 3.05) is 56.5 Å². The number of benzene rings is 2. The van der Waals surface area contributed by atoms with Crippen LogP contribution in [0.4, 0.5) is 14.4 Å². The van der Waals surface area contributed by atoms with E-state index in [1.807, 2.05) is 49.4 Å². The fourth-order valence-electron chi connectivity index (χ4n) is 8.52. The lowest BCUT2D eigenvalue weighted by molar-refractivity contribution is -0.123. The molecule has 6 aliphatic heterocycles. The summed E-state index contributed by atoms with van der Waals surface area (Å²) in [6.07, 6.45) is 8.44. The monoisotopic (exact) mass is 1170 g/mol. The second-order valence-corrected chi connectivity index (χ2v) is 26.2. The van der Waals surface area contributed by atoms with Gasteiger partial charge < -0.3 is 16.0 Å². The van der Waals surface area contributed by atoms with Crippen molar-refractivity contribution in [3.63, 3.8) is 0 Å². The number of imide groups is 3. The Bertz CT molecular complexity index is 3480. The van der Waals surface area contributed by atoms with Gasteiger partial charge in [0.15, 0.2) is 0 Å². The maximum atomic E-state index is 12.6. The first-order valence-electron chi connectivity index (χ1n) is 24.9. The zero-order valence-electron chi connectivity index (χ0n) is 43.9. The van der Waals surface area contributed by atoms with Crippen LogP contribution in [-0.4, -0.2) is 152 Å². The second kappa shape index (κ2) is 24.8. The summed E-state index contributed by atoms with van der Waals surface area (Å²) in [5, 5.41) is 14.0. The van der Waals surface area contributed by atoms with Gasteiger partial charge in [-0.2, -0.15) is 12.9 Å². The van der Waals surface area contributed by atoms with Gasteiger partial charge in [-0.25, -0.2) is 44.6 Å². The van der Waals surface area contributed by atoms with Gasteiger partial charge in [-0.3, -0.25) is 30.3 Å². The van der Waals surface area contributed by atoms with Gasteiger partial charge >= 0.3 is 18.1 Å². The van der Waals surface area contributed by atoms with Gasteiger partial charge in [0.25, 0.3) is 17.7 Å². The molecule has 0 saturated carbocycles. The van der Waals surface area contributed by atoms with Crippen molar-refractivity contribution in [2.24, 2.45) is 0 Å². The minimum atomic E-state index is -3.73. The van der Waals surface area contributed by atoms with Crippen molar-refractivity contribution in [3.05, 3.63) is 135 Å². The lowest BCUT2D eigenvalue weighted by Gasteiger charge is -2.28. The molecule has 6 N–H and O–H groups in total. The molecule has 0 unspecified atom stereocenters. The number of sulfonamides is 3. The summed E-state index contributed by atoms with van der Waals surface area (Å²) in [6.45, 7) is 7.61. The van der Waals surface area contributed by atoms with Crippen LogP contribution in [0.25, 0.3) is 0 Å². The highest BCUT2D eigenvalue weighted by Gasteiger charge is 2.49. The molecule has 0 bridgehead atoms. The average molecular weight is 1170 g/mol. The van der Waals surface area contributed by atoms with Crippen molar-refractivity contribution in [3.8, 4) is 35.5 Å². The normalized spacial score (nSPS) is 23.2. The molecule has 9 amide bonds. The number of rotatable bonds is 9. The summed E-state index contributed by atoms with van der Waals surface area (Å²) in [5.74, 6) is 14.8. The molecular formula is C54H57ClN10O12S3. The number of aryl methyl sites for hydroxylation is 1. The number of amides is 9. The summed E-state index contributed by atoms with van der Waals surface area (Å²) in [6, 6.07) is 18.4. The van der Waals surface area contributed by atoms with Crippen LogP contribution >= 0.6 is 11.6 Å². The molecule has 420 valence electrons. The molecule has 3 aromatic rings. The number of carbonyl (C=O) groups excluding carboxylic acids is 6. The summed E-state index contributed by atoms with van der Waals surface area (Å²) in [7, 11) is -11.2. The van der Waals surface area contributed by atoms with Crippen molar-refractivity contribution >= 4 is 77.5 Å². The van der Waals surface area contributed by atoms with E-state index in [0.717, 1.165) is 27.8 Å². The highest BCUT2D eigenvalue weighted by molar-refractivity contribution is 7.89. The highest BCUT2D eigenvalue weighted by atomic mass is 35.5. The Morgan fingerprint density at radius 3 is 1.15 bits per heavy atom. The summed E-state index contributed by atoms with van der Waals surface area (Å²) in [5.41, 5.74) is 1.77. The Kier molecular flexibility index (Phi) is 18.6. The van der Waals surface area contributed by atoms with Crippen molar-refractivity contribution in [2.45, 2.75) is 63.6 Å². The van der Waals surface area contributed by atoms with E-state index in [-0.39, 0.29) is 32.7 Å². The lowest BCUT2D eigenvalue weighted by atomic mass is 10.1. The number of pyridine rings is 1. The fraction of sp³-hybridized carbons (Fsp3) is 0.352. The molecule has 22 nitrogen and oxygen atoms in total. The summed E-state index contributed by atoms with van der Waals surface area (Å²) in [4.78, 5) is 73.5. The number of hydrogen-bond acceptors (Lipinski definition) is 13. The van der Waals surface area contributed by atoms with E-state index < -0.39 is 99.8 Å². The van der Waals surface area contributed by atoms with Gasteiger partial charge in [0.2, 0.25) is 30.1 Å². The van der Waals surface area contributed by atoms with Crippen molar-refractivity contribution in [1.82, 2.24) is 49.8 Å². The van der Waals surface area contributed by atoms with Crippen LogP contribution in [-0.2, 0) is 44.5 Å². The third-order valence-corrected chi connectivity index (χ3v) is 19.5. The molecule has 26 heteroatoms. The molecule has 2 aromatic carbocycles. The van der Waals surface area contributed by atoms with Crippen molar-refractivity contribution < 1.29 is 54.0 Å². The van der Waals surface area contributed by atoms with E-state index in [4.69, 9.17) is 11.6 Å². The largest absolute Gasteiger partial charge is 0.322 e. The third-order valence-electron chi connectivity index (χ3n) is 13.1. The van der Waals surface area contributed by atoms with Gasteiger partial charge in [0.1, 0.15) is 22.3 Å². The molecule has 6 aliphatic rings. The molecule has 0 spiro atoms. The standard InChI is InChI=1S/C19H21N3O4S.C18H18ClN3O4S.C17H18N4O4S/c1-14-3-5-15(6-4-14)7-8-16-9-11-22(12-10-16)27(25,26)13-19(2)17(23)20-18(24)21-19;1-18(16(23)20-17(24)21-18)12-27(25,26)22-10-8-14(9-11-22)3-2-13-4-6-15(19)7-5-13;1-17(15(22)19-16(23)20-17)12-26(24,25)21-10-7-13(8-11-21)5-6-14-4-2-3-9-18-14/h3-6,9H,10-13H2,1-2H3,(H2,20,21,23,24);4-8H,9-12H2,1H3,(H2,20,21,23,24);2-4,7,9H,8,10-12H2,1H3,(H2,19,20,22,23)/t19-;18-;17-/m111/s1. The minimum absolute atomic E-state index is 0.179. The van der Waals surface area contributed by atoms with E-state index in [9.17, 15) is 54.0 Å². The quantitative estimate of drug-likeness (QED) is 0.132. The van der Waals surface area contributed by atoms with E-state index >= 15 is 0 Å². The zero-order valence-corrected chi connectivity index (χ0v) is 47.1. The third kappa shape index (κ3) is 15.8. The molecule has 80 heavy (non-hydrogen) atoms. The predicted octanol–water partition coefficient (Wildman–Crippen LogP) is 2.15. The Hall–Kier alpha value is -7.67. The molecule has 1 aromatic heterocycles. The SMILES string of the molecule is C[C@]1(CS(=O)(=O)N2CC=C(C#Cc3ccc(Cl)cc3)CC2)NC(=O)NC1=O.C[C@]1(CS(=O)(=O)N2CC=C(C#Cc3ccccn3)CC2)NC(=O)NC1=O.Cc1ccc(C#CC2=CCN(S(=O)(=O)C[C@@]3(C)NC(=O)NC3=O)CC2)cc1. The fourth-order valence-corrected chi connectivity index (χ4v) is 14.0. The highest BCUT2D eigenvalue weighted by Crippen LogP contribution is 2.23.